The zero-order chi connectivity index (χ0) is 13.8. The quantitative estimate of drug-likeness (QED) is 0.480. The van der Waals surface area contributed by atoms with E-state index in [1.165, 1.54) is 12.1 Å². The van der Waals surface area contributed by atoms with Crippen molar-refractivity contribution < 1.29 is 24.6 Å². The molecule has 2 atom stereocenters. The van der Waals surface area contributed by atoms with E-state index in [4.69, 9.17) is 11.2 Å². The normalized spacial score (nSPS) is 20.6. The third-order valence-corrected chi connectivity index (χ3v) is 2.96. The van der Waals surface area contributed by atoms with Crippen molar-refractivity contribution in [3.63, 3.8) is 0 Å². The van der Waals surface area contributed by atoms with Gasteiger partial charge in [0.25, 0.3) is 0 Å². The molecule has 1 saturated carbocycles. The summed E-state index contributed by atoms with van der Waals surface area (Å²) in [6.45, 7) is 0. The van der Waals surface area contributed by atoms with Gasteiger partial charge >= 0.3 is 6.16 Å². The van der Waals surface area contributed by atoms with Crippen LogP contribution in [0.25, 0.3) is 0 Å². The highest BCUT2D eigenvalue weighted by molar-refractivity contribution is 5.61. The van der Waals surface area contributed by atoms with Gasteiger partial charge in [-0.05, 0) is 25.2 Å². The van der Waals surface area contributed by atoms with Gasteiger partial charge in [0.1, 0.15) is 6.10 Å². The summed E-state index contributed by atoms with van der Waals surface area (Å²) in [5, 5.41) is 18.6. The first kappa shape index (κ1) is 13.1. The number of hydrogen-bond acceptors (Lipinski definition) is 5. The average molecular weight is 265 g/mol. The number of aromatic nitrogens is 1. The molecule has 6 nitrogen and oxygen atoms in total. The van der Waals surface area contributed by atoms with Gasteiger partial charge in [-0.25, -0.2) is 4.79 Å². The molecule has 1 aromatic heterocycles. The Balaban J connectivity index is 1.73. The molecule has 0 spiro atoms. The maximum absolute atomic E-state index is 11.4. The van der Waals surface area contributed by atoms with Crippen LogP contribution in [-0.4, -0.2) is 27.2 Å². The van der Waals surface area contributed by atoms with Gasteiger partial charge in [-0.2, -0.15) is 0 Å². The van der Waals surface area contributed by atoms with Crippen LogP contribution in [0.3, 0.4) is 0 Å². The van der Waals surface area contributed by atoms with Gasteiger partial charge in [-0.15, -0.1) is 17.1 Å². The van der Waals surface area contributed by atoms with Crippen LogP contribution in [0.4, 0.5) is 4.79 Å². The van der Waals surface area contributed by atoms with Gasteiger partial charge in [0, 0.05) is 18.6 Å². The first-order chi connectivity index (χ1) is 9.11. The summed E-state index contributed by atoms with van der Waals surface area (Å²) in [5.41, 5.74) is 0. The predicted molar refractivity (Wildman–Crippen MR) is 65.4 cm³/mol. The fourth-order valence-electron chi connectivity index (χ4n) is 1.85. The molecule has 1 aliphatic rings. The lowest BCUT2D eigenvalue weighted by Crippen LogP contribution is -2.21. The lowest BCUT2D eigenvalue weighted by molar-refractivity contribution is 0.0278. The Kier molecular flexibility index (Phi) is 3.85. The Labute approximate surface area is 110 Å². The topological polar surface area (TPSA) is 80.9 Å². The lowest BCUT2D eigenvalue weighted by Gasteiger charge is -2.07. The van der Waals surface area contributed by atoms with Crippen LogP contribution in [0.15, 0.2) is 12.1 Å². The molecule has 1 aromatic rings. The van der Waals surface area contributed by atoms with Crippen LogP contribution < -0.4 is 4.84 Å². The van der Waals surface area contributed by atoms with Crippen LogP contribution in [0, 0.1) is 18.3 Å². The Bertz CT molecular complexity index is 482. The molecule has 0 unspecified atom stereocenters. The number of nitrogens with zero attached hydrogens (tertiary/aromatic N) is 1. The molecular formula is C13H15NO5. The molecular weight excluding hydrogens is 250 g/mol. The highest BCUT2D eigenvalue weighted by Crippen LogP contribution is 2.38. The van der Waals surface area contributed by atoms with E-state index >= 15 is 0 Å². The molecule has 19 heavy (non-hydrogen) atoms. The summed E-state index contributed by atoms with van der Waals surface area (Å²) in [6.07, 6.45) is 7.38. The van der Waals surface area contributed by atoms with Crippen molar-refractivity contribution in [2.75, 3.05) is 0 Å². The minimum Gasteiger partial charge on any atom is -0.492 e. The van der Waals surface area contributed by atoms with Gasteiger partial charge in [0.15, 0.2) is 0 Å². The first-order valence-corrected chi connectivity index (χ1v) is 6.04. The maximum atomic E-state index is 11.4. The van der Waals surface area contributed by atoms with E-state index < -0.39 is 6.16 Å². The first-order valence-electron chi connectivity index (χ1n) is 6.04. The molecule has 0 bridgehead atoms. The molecule has 0 aliphatic heterocycles. The third kappa shape index (κ3) is 3.35. The maximum Gasteiger partial charge on any atom is 0.534 e. The Hall–Kier alpha value is -2.29. The van der Waals surface area contributed by atoms with Crippen LogP contribution in [-0.2, 0) is 4.74 Å². The second-order valence-corrected chi connectivity index (χ2v) is 4.43. The second kappa shape index (κ2) is 5.57. The molecule has 2 rings (SSSR count). The van der Waals surface area contributed by atoms with E-state index in [1.54, 1.807) is 0 Å². The number of rotatable bonds is 5. The van der Waals surface area contributed by atoms with Crippen molar-refractivity contribution >= 4 is 6.16 Å². The summed E-state index contributed by atoms with van der Waals surface area (Å²) in [6, 6.07) is 2.39. The van der Waals surface area contributed by atoms with Crippen LogP contribution in [0.5, 0.6) is 11.8 Å². The summed E-state index contributed by atoms with van der Waals surface area (Å²) in [5.74, 6) is 2.13. The fourth-order valence-corrected chi connectivity index (χ4v) is 1.85. The van der Waals surface area contributed by atoms with E-state index in [2.05, 4.69) is 10.8 Å². The zero-order valence-electron chi connectivity index (χ0n) is 10.3. The van der Waals surface area contributed by atoms with Crippen LogP contribution in [0.1, 0.15) is 25.7 Å². The SMILES string of the molecule is C#CCCC[C@@H]1C[C@H]1OC(=O)On1c(O)ccc1O. The average Bonchev–Trinajstić information content (AvgIpc) is 3.03. The Morgan fingerprint density at radius 3 is 2.79 bits per heavy atom. The summed E-state index contributed by atoms with van der Waals surface area (Å²) in [4.78, 5) is 16.1. The zero-order valence-corrected chi connectivity index (χ0v) is 10.3. The number of unbranched alkanes of at least 4 members (excludes halogenated alkanes) is 1. The van der Waals surface area contributed by atoms with Crippen LogP contribution >= 0.6 is 0 Å². The fraction of sp³-hybridized carbons (Fsp3) is 0.462. The molecule has 2 N–H and O–H groups in total. The van der Waals surface area contributed by atoms with Crippen LogP contribution in [0.2, 0.25) is 0 Å². The van der Waals surface area contributed by atoms with Gasteiger partial charge in [-0.1, -0.05) is 0 Å². The minimum atomic E-state index is -0.953. The van der Waals surface area contributed by atoms with Crippen molar-refractivity contribution in [1.82, 2.24) is 4.73 Å². The van der Waals surface area contributed by atoms with Gasteiger partial charge < -0.3 is 14.9 Å². The Morgan fingerprint density at radius 1 is 1.47 bits per heavy atom. The third-order valence-electron chi connectivity index (χ3n) is 2.96. The molecule has 102 valence electrons. The van der Waals surface area contributed by atoms with Crippen molar-refractivity contribution in [2.24, 2.45) is 5.92 Å². The summed E-state index contributed by atoms with van der Waals surface area (Å²) < 4.78 is 5.63. The molecule has 0 amide bonds. The number of carbonyl (C=O) groups is 1. The van der Waals surface area contributed by atoms with Crippen molar-refractivity contribution in [2.45, 2.75) is 31.8 Å². The second-order valence-electron chi connectivity index (χ2n) is 4.43. The summed E-state index contributed by atoms with van der Waals surface area (Å²) >= 11 is 0. The molecule has 6 heteroatoms. The van der Waals surface area contributed by atoms with E-state index in [9.17, 15) is 15.0 Å². The molecule has 1 aliphatic carbocycles. The van der Waals surface area contributed by atoms with E-state index in [0.717, 1.165) is 25.7 Å². The van der Waals surface area contributed by atoms with Gasteiger partial charge in [0.05, 0.1) is 0 Å². The molecule has 0 aromatic carbocycles. The molecule has 1 fully saturated rings. The largest absolute Gasteiger partial charge is 0.534 e. The number of aromatic hydroxyl groups is 2. The predicted octanol–water partition coefficient (Wildman–Crippen LogP) is 1.66. The van der Waals surface area contributed by atoms with Gasteiger partial charge in [0.2, 0.25) is 11.8 Å². The standard InChI is InChI=1S/C13H15NO5/c1-2-3-4-5-9-8-10(9)18-13(17)19-14-11(15)6-7-12(14)16/h1,6-7,9-10,15-16H,3-5,8H2/t9-,10-/m1/s1. The molecule has 0 saturated heterocycles. The Morgan fingerprint density at radius 2 is 2.16 bits per heavy atom. The van der Waals surface area contributed by atoms with Crippen molar-refractivity contribution in [3.05, 3.63) is 12.1 Å². The highest BCUT2D eigenvalue weighted by atomic mass is 16.8. The van der Waals surface area contributed by atoms with Crippen molar-refractivity contribution in [1.29, 1.82) is 0 Å². The van der Waals surface area contributed by atoms with E-state index in [1.807, 2.05) is 0 Å². The smallest absolute Gasteiger partial charge is 0.492 e. The number of hydrogen-bond donors (Lipinski definition) is 2. The lowest BCUT2D eigenvalue weighted by atomic mass is 10.2. The monoisotopic (exact) mass is 265 g/mol. The number of terminal acetylenes is 1. The van der Waals surface area contributed by atoms with E-state index in [0.29, 0.717) is 10.6 Å². The van der Waals surface area contributed by atoms with Crippen molar-refractivity contribution in [3.8, 4) is 24.1 Å². The molecule has 0 radical (unpaired) electrons. The minimum absolute atomic E-state index is 0.162. The van der Waals surface area contributed by atoms with E-state index in [-0.39, 0.29) is 17.9 Å². The van der Waals surface area contributed by atoms with Gasteiger partial charge in [-0.3, -0.25) is 4.84 Å². The summed E-state index contributed by atoms with van der Waals surface area (Å²) in [7, 11) is 0. The highest BCUT2D eigenvalue weighted by Gasteiger charge is 2.40. The number of carbonyl (C=O) groups excluding carboxylic acids is 1. The molecule has 1 heterocycles. The number of ether oxygens (including phenoxy) is 1.